The van der Waals surface area contributed by atoms with Gasteiger partial charge in [-0.15, -0.1) is 0 Å². The summed E-state index contributed by atoms with van der Waals surface area (Å²) in [4.78, 5) is 3.48. The van der Waals surface area contributed by atoms with Crippen LogP contribution in [0.15, 0.2) is 27.6 Å². The van der Waals surface area contributed by atoms with Gasteiger partial charge in [-0.1, -0.05) is 5.16 Å². The predicted molar refractivity (Wildman–Crippen MR) is 68.7 cm³/mol. The zero-order chi connectivity index (χ0) is 14.8. The van der Waals surface area contributed by atoms with Gasteiger partial charge < -0.3 is 10.3 Å². The molecule has 7 nitrogen and oxygen atoms in total. The minimum atomic E-state index is -3.94. The number of rotatable bonds is 5. The third-order valence-corrected chi connectivity index (χ3v) is 3.94. The van der Waals surface area contributed by atoms with E-state index in [2.05, 4.69) is 14.9 Å². The molecule has 2 rings (SSSR count). The van der Waals surface area contributed by atoms with Crippen LogP contribution in [-0.4, -0.2) is 25.1 Å². The molecule has 0 aliphatic carbocycles. The minimum Gasteiger partial charge on any atom is -0.399 e. The number of nitrogens with two attached hydrogens (primary N) is 1. The maximum absolute atomic E-state index is 13.6. The molecule has 0 radical (unpaired) electrons. The third-order valence-electron chi connectivity index (χ3n) is 2.45. The van der Waals surface area contributed by atoms with Gasteiger partial charge >= 0.3 is 0 Å². The number of hydrogen-bond donors (Lipinski definition) is 2. The number of aromatic nitrogens is 2. The van der Waals surface area contributed by atoms with Gasteiger partial charge in [0.05, 0.1) is 0 Å². The van der Waals surface area contributed by atoms with Gasteiger partial charge in [0.2, 0.25) is 15.9 Å². The van der Waals surface area contributed by atoms with E-state index in [1.807, 2.05) is 0 Å². The SMILES string of the molecule is Cc1noc(CCNS(=O)(=O)c2ccc(N)cc2F)n1. The Morgan fingerprint density at radius 3 is 2.80 bits per heavy atom. The molecule has 0 atom stereocenters. The van der Waals surface area contributed by atoms with E-state index >= 15 is 0 Å². The van der Waals surface area contributed by atoms with Crippen LogP contribution in [0.2, 0.25) is 0 Å². The first-order valence-electron chi connectivity index (χ1n) is 5.72. The Kier molecular flexibility index (Phi) is 4.00. The summed E-state index contributed by atoms with van der Waals surface area (Å²) < 4.78 is 44.5. The number of anilines is 1. The monoisotopic (exact) mass is 300 g/mol. The summed E-state index contributed by atoms with van der Waals surface area (Å²) in [6.07, 6.45) is 0.219. The summed E-state index contributed by atoms with van der Waals surface area (Å²) in [6.45, 7) is 1.68. The van der Waals surface area contributed by atoms with E-state index in [1.165, 1.54) is 6.07 Å². The van der Waals surface area contributed by atoms with Crippen LogP contribution in [0.1, 0.15) is 11.7 Å². The van der Waals surface area contributed by atoms with Crippen LogP contribution < -0.4 is 10.5 Å². The van der Waals surface area contributed by atoms with Crippen molar-refractivity contribution in [2.45, 2.75) is 18.2 Å². The molecule has 1 heterocycles. The first-order valence-corrected chi connectivity index (χ1v) is 7.21. The number of halogens is 1. The van der Waals surface area contributed by atoms with Gasteiger partial charge in [0.15, 0.2) is 5.82 Å². The maximum Gasteiger partial charge on any atom is 0.243 e. The summed E-state index contributed by atoms with van der Waals surface area (Å²) in [6, 6.07) is 3.39. The van der Waals surface area contributed by atoms with Crippen LogP contribution in [0.3, 0.4) is 0 Å². The average Bonchev–Trinajstić information content (AvgIpc) is 2.74. The molecule has 0 amide bonds. The molecular weight excluding hydrogens is 287 g/mol. The summed E-state index contributed by atoms with van der Waals surface area (Å²) in [5.74, 6) is -0.124. The van der Waals surface area contributed by atoms with Crippen molar-refractivity contribution in [2.75, 3.05) is 12.3 Å². The number of sulfonamides is 1. The second kappa shape index (κ2) is 5.55. The van der Waals surface area contributed by atoms with Crippen molar-refractivity contribution in [1.82, 2.24) is 14.9 Å². The van der Waals surface area contributed by atoms with Crippen molar-refractivity contribution in [1.29, 1.82) is 0 Å². The molecule has 0 aliphatic heterocycles. The molecule has 108 valence electrons. The molecule has 20 heavy (non-hydrogen) atoms. The fourth-order valence-electron chi connectivity index (χ4n) is 1.55. The van der Waals surface area contributed by atoms with Crippen LogP contribution in [0.5, 0.6) is 0 Å². The molecule has 2 aromatic rings. The normalized spacial score (nSPS) is 11.7. The molecule has 0 aliphatic rings. The van der Waals surface area contributed by atoms with Crippen LogP contribution in [0.4, 0.5) is 10.1 Å². The third kappa shape index (κ3) is 3.31. The lowest BCUT2D eigenvalue weighted by atomic mass is 10.3. The number of nitrogens with zero attached hydrogens (tertiary/aromatic N) is 2. The first kappa shape index (κ1) is 14.4. The highest BCUT2D eigenvalue weighted by Crippen LogP contribution is 2.16. The second-order valence-electron chi connectivity index (χ2n) is 4.07. The number of nitrogen functional groups attached to an aromatic ring is 1. The number of aryl methyl sites for hydroxylation is 1. The number of benzene rings is 1. The van der Waals surface area contributed by atoms with E-state index in [0.717, 1.165) is 12.1 Å². The van der Waals surface area contributed by atoms with Gasteiger partial charge in [-0.05, 0) is 25.1 Å². The summed E-state index contributed by atoms with van der Waals surface area (Å²) in [7, 11) is -3.94. The lowest BCUT2D eigenvalue weighted by Gasteiger charge is -2.07. The number of hydrogen-bond acceptors (Lipinski definition) is 6. The lowest BCUT2D eigenvalue weighted by Crippen LogP contribution is -2.27. The van der Waals surface area contributed by atoms with Crippen molar-refractivity contribution in [2.24, 2.45) is 0 Å². The standard InChI is InChI=1S/C11H13FN4O3S/c1-7-15-11(19-16-7)4-5-14-20(17,18)10-3-2-8(13)6-9(10)12/h2-3,6,14H,4-5,13H2,1H3. The molecule has 1 aromatic heterocycles. The molecule has 0 saturated carbocycles. The van der Waals surface area contributed by atoms with Crippen LogP contribution in [0, 0.1) is 12.7 Å². The van der Waals surface area contributed by atoms with E-state index in [0.29, 0.717) is 11.7 Å². The molecule has 0 unspecified atom stereocenters. The molecule has 0 saturated heterocycles. The highest BCUT2D eigenvalue weighted by atomic mass is 32.2. The van der Waals surface area contributed by atoms with Crippen LogP contribution in [0.25, 0.3) is 0 Å². The van der Waals surface area contributed by atoms with Crippen molar-refractivity contribution in [3.8, 4) is 0 Å². The van der Waals surface area contributed by atoms with Gasteiger partial charge in [-0.25, -0.2) is 17.5 Å². The van der Waals surface area contributed by atoms with Gasteiger partial charge in [0.1, 0.15) is 10.7 Å². The Morgan fingerprint density at radius 2 is 2.20 bits per heavy atom. The van der Waals surface area contributed by atoms with E-state index in [4.69, 9.17) is 10.3 Å². The van der Waals surface area contributed by atoms with Crippen molar-refractivity contribution < 1.29 is 17.3 Å². The number of nitrogens with one attached hydrogen (secondary N) is 1. The largest absolute Gasteiger partial charge is 0.399 e. The molecule has 0 fully saturated rings. The first-order chi connectivity index (χ1) is 9.38. The minimum absolute atomic E-state index is 0.0216. The summed E-state index contributed by atoms with van der Waals surface area (Å²) in [5.41, 5.74) is 5.52. The van der Waals surface area contributed by atoms with Gasteiger partial charge in [-0.2, -0.15) is 4.98 Å². The zero-order valence-electron chi connectivity index (χ0n) is 10.6. The Balaban J connectivity index is 2.04. The molecule has 1 aromatic carbocycles. The maximum atomic E-state index is 13.6. The van der Waals surface area contributed by atoms with Crippen LogP contribution >= 0.6 is 0 Å². The average molecular weight is 300 g/mol. The quantitative estimate of drug-likeness (QED) is 0.783. The highest BCUT2D eigenvalue weighted by molar-refractivity contribution is 7.89. The van der Waals surface area contributed by atoms with E-state index in [-0.39, 0.29) is 18.7 Å². The Morgan fingerprint density at radius 1 is 1.45 bits per heavy atom. The predicted octanol–water partition coefficient (Wildman–Crippen LogP) is 0.620. The molecule has 9 heteroatoms. The van der Waals surface area contributed by atoms with Gasteiger partial charge in [0.25, 0.3) is 0 Å². The van der Waals surface area contributed by atoms with E-state index < -0.39 is 20.7 Å². The summed E-state index contributed by atoms with van der Waals surface area (Å²) >= 11 is 0. The zero-order valence-corrected chi connectivity index (χ0v) is 11.4. The molecule has 0 bridgehead atoms. The van der Waals surface area contributed by atoms with Gasteiger partial charge in [0, 0.05) is 18.7 Å². The Labute approximate surface area is 115 Å². The molecular formula is C11H13FN4O3S. The molecule has 0 spiro atoms. The smallest absolute Gasteiger partial charge is 0.243 e. The fourth-order valence-corrected chi connectivity index (χ4v) is 2.64. The highest BCUT2D eigenvalue weighted by Gasteiger charge is 2.19. The van der Waals surface area contributed by atoms with Crippen molar-refractivity contribution in [3.05, 3.63) is 35.7 Å². The lowest BCUT2D eigenvalue weighted by molar-refractivity contribution is 0.375. The van der Waals surface area contributed by atoms with Crippen molar-refractivity contribution >= 4 is 15.7 Å². The van der Waals surface area contributed by atoms with Gasteiger partial charge in [-0.3, -0.25) is 0 Å². The van der Waals surface area contributed by atoms with Crippen LogP contribution in [-0.2, 0) is 16.4 Å². The topological polar surface area (TPSA) is 111 Å². The van der Waals surface area contributed by atoms with E-state index in [9.17, 15) is 12.8 Å². The van der Waals surface area contributed by atoms with E-state index in [1.54, 1.807) is 6.92 Å². The summed E-state index contributed by atoms with van der Waals surface area (Å²) in [5, 5.41) is 3.58. The second-order valence-corrected chi connectivity index (χ2v) is 5.81. The fraction of sp³-hybridized carbons (Fsp3) is 0.273. The Hall–Kier alpha value is -2.00. The Bertz CT molecular complexity index is 714. The molecule has 3 N–H and O–H groups in total. The van der Waals surface area contributed by atoms with Crippen molar-refractivity contribution in [3.63, 3.8) is 0 Å².